The minimum Gasteiger partial charge on any atom is -0.377 e. The number of hydrogen-bond donors (Lipinski definition) is 2. The standard InChI is InChI=1S/C32H36N4OS/c1-4-36-29-15-7-6-12-25(29)27-22-23(18-19-30(27)36)32(37)33-20-8-5-9-21-34-38-31-17-11-13-24-26(31)14-10-16-28(24)35(2)3/h6-7,10-19,22,34H,4-5,8-9,20-21H2,1-3H3,(H,33,37). The third-order valence-electron chi connectivity index (χ3n) is 7.11. The fraction of sp³-hybridized carbons (Fsp3) is 0.281. The molecule has 2 N–H and O–H groups in total. The van der Waals surface area contributed by atoms with Gasteiger partial charge in [0.05, 0.1) is 0 Å². The normalized spacial score (nSPS) is 11.4. The number of aromatic nitrogens is 1. The molecule has 0 saturated heterocycles. The predicted molar refractivity (Wildman–Crippen MR) is 163 cm³/mol. The summed E-state index contributed by atoms with van der Waals surface area (Å²) in [6.45, 7) is 4.69. The summed E-state index contributed by atoms with van der Waals surface area (Å²) in [4.78, 5) is 16.2. The average Bonchev–Trinajstić information content (AvgIpc) is 3.26. The summed E-state index contributed by atoms with van der Waals surface area (Å²) in [5, 5.41) is 8.00. The monoisotopic (exact) mass is 524 g/mol. The van der Waals surface area contributed by atoms with Crippen molar-refractivity contribution >= 4 is 56.1 Å². The van der Waals surface area contributed by atoms with Gasteiger partial charge in [0.25, 0.3) is 5.91 Å². The molecule has 0 saturated carbocycles. The Morgan fingerprint density at radius 3 is 2.37 bits per heavy atom. The number of carbonyl (C=O) groups is 1. The second kappa shape index (κ2) is 11.9. The Bertz CT molecular complexity index is 1570. The number of anilines is 1. The van der Waals surface area contributed by atoms with Gasteiger partial charge in [-0.15, -0.1) is 0 Å². The molecule has 0 fully saturated rings. The van der Waals surface area contributed by atoms with Crippen molar-refractivity contribution in [2.75, 3.05) is 32.1 Å². The summed E-state index contributed by atoms with van der Waals surface area (Å²) in [7, 11) is 4.17. The lowest BCUT2D eigenvalue weighted by Crippen LogP contribution is -2.24. The largest absolute Gasteiger partial charge is 0.377 e. The van der Waals surface area contributed by atoms with Crippen LogP contribution in [0.4, 0.5) is 5.69 Å². The number of nitrogens with one attached hydrogen (secondary N) is 2. The number of fused-ring (bicyclic) bond motifs is 4. The lowest BCUT2D eigenvalue weighted by molar-refractivity contribution is 0.0953. The highest BCUT2D eigenvalue weighted by Crippen LogP contribution is 2.32. The summed E-state index contributed by atoms with van der Waals surface area (Å²) < 4.78 is 5.83. The minimum absolute atomic E-state index is 0.00181. The van der Waals surface area contributed by atoms with Gasteiger partial charge in [-0.2, -0.15) is 0 Å². The van der Waals surface area contributed by atoms with Crippen LogP contribution in [0.1, 0.15) is 36.5 Å². The zero-order chi connectivity index (χ0) is 26.5. The number of benzene rings is 4. The van der Waals surface area contributed by atoms with Gasteiger partial charge in [0.2, 0.25) is 0 Å². The molecule has 0 aliphatic carbocycles. The third-order valence-corrected chi connectivity index (χ3v) is 8.04. The molecule has 0 bridgehead atoms. The molecule has 196 valence electrons. The van der Waals surface area contributed by atoms with Gasteiger partial charge in [0.15, 0.2) is 0 Å². The first-order chi connectivity index (χ1) is 18.6. The maximum Gasteiger partial charge on any atom is 0.251 e. The van der Waals surface area contributed by atoms with Crippen molar-refractivity contribution < 1.29 is 4.79 Å². The van der Waals surface area contributed by atoms with Crippen molar-refractivity contribution in [3.8, 4) is 0 Å². The molecule has 5 aromatic rings. The first-order valence-electron chi connectivity index (χ1n) is 13.5. The minimum atomic E-state index is 0.00181. The van der Waals surface area contributed by atoms with E-state index in [4.69, 9.17) is 0 Å². The summed E-state index contributed by atoms with van der Waals surface area (Å²) in [6.07, 6.45) is 3.10. The predicted octanol–water partition coefficient (Wildman–Crippen LogP) is 7.23. The Balaban J connectivity index is 1.08. The molecule has 5 nitrogen and oxygen atoms in total. The van der Waals surface area contributed by atoms with Crippen LogP contribution < -0.4 is 14.9 Å². The van der Waals surface area contributed by atoms with Gasteiger partial charge in [-0.1, -0.05) is 48.9 Å². The fourth-order valence-electron chi connectivity index (χ4n) is 5.21. The smallest absolute Gasteiger partial charge is 0.251 e. The fourth-order valence-corrected chi connectivity index (χ4v) is 6.05. The number of nitrogens with zero attached hydrogens (tertiary/aromatic N) is 2. The number of rotatable bonds is 11. The van der Waals surface area contributed by atoms with Crippen LogP contribution in [-0.2, 0) is 6.54 Å². The highest BCUT2D eigenvalue weighted by Gasteiger charge is 2.12. The topological polar surface area (TPSA) is 49.3 Å². The molecule has 38 heavy (non-hydrogen) atoms. The Labute approximate surface area is 229 Å². The zero-order valence-corrected chi connectivity index (χ0v) is 23.3. The molecule has 1 heterocycles. The van der Waals surface area contributed by atoms with Gasteiger partial charge in [-0.25, -0.2) is 0 Å². The number of unbranched alkanes of at least 4 members (excludes halogenated alkanes) is 2. The molecular formula is C32H36N4OS. The van der Waals surface area contributed by atoms with E-state index >= 15 is 0 Å². The molecule has 5 rings (SSSR count). The molecule has 4 aromatic carbocycles. The number of carbonyl (C=O) groups excluding carboxylic acids is 1. The lowest BCUT2D eigenvalue weighted by atomic mass is 10.1. The Hall–Kier alpha value is -3.48. The quantitative estimate of drug-likeness (QED) is 0.141. The number of hydrogen-bond acceptors (Lipinski definition) is 4. The van der Waals surface area contributed by atoms with Crippen LogP contribution >= 0.6 is 11.9 Å². The Kier molecular flexibility index (Phi) is 8.20. The molecule has 6 heteroatoms. The van der Waals surface area contributed by atoms with Gasteiger partial charge in [-0.05, 0) is 73.5 Å². The average molecular weight is 525 g/mol. The van der Waals surface area contributed by atoms with Crippen LogP contribution in [0, 0.1) is 0 Å². The van der Waals surface area contributed by atoms with Crippen LogP contribution in [0.5, 0.6) is 0 Å². The van der Waals surface area contributed by atoms with E-state index in [1.807, 2.05) is 12.1 Å². The number of amides is 1. The molecular weight excluding hydrogens is 488 g/mol. The first-order valence-corrected chi connectivity index (χ1v) is 14.3. The SMILES string of the molecule is CCn1c2ccccc2c2cc(C(=O)NCCCCCNSc3cccc4c(N(C)C)cccc34)ccc21. The highest BCUT2D eigenvalue weighted by molar-refractivity contribution is 7.97. The van der Waals surface area contributed by atoms with Crippen molar-refractivity contribution in [2.24, 2.45) is 0 Å². The Morgan fingerprint density at radius 2 is 1.53 bits per heavy atom. The zero-order valence-electron chi connectivity index (χ0n) is 22.5. The molecule has 0 unspecified atom stereocenters. The molecule has 0 atom stereocenters. The van der Waals surface area contributed by atoms with Crippen molar-refractivity contribution in [3.05, 3.63) is 84.4 Å². The van der Waals surface area contributed by atoms with E-state index in [2.05, 4.69) is 107 Å². The van der Waals surface area contributed by atoms with Crippen molar-refractivity contribution in [1.82, 2.24) is 14.6 Å². The van der Waals surface area contributed by atoms with E-state index in [1.165, 1.54) is 37.8 Å². The maximum atomic E-state index is 12.8. The van der Waals surface area contributed by atoms with Gasteiger partial charge in [-0.3, -0.25) is 9.52 Å². The Morgan fingerprint density at radius 1 is 0.789 bits per heavy atom. The van der Waals surface area contributed by atoms with E-state index in [0.717, 1.165) is 43.3 Å². The van der Waals surface area contributed by atoms with E-state index in [9.17, 15) is 4.79 Å². The molecule has 1 amide bonds. The van der Waals surface area contributed by atoms with E-state index < -0.39 is 0 Å². The number of para-hydroxylation sites is 1. The van der Waals surface area contributed by atoms with Gasteiger partial charge < -0.3 is 14.8 Å². The van der Waals surface area contributed by atoms with Crippen molar-refractivity contribution in [3.63, 3.8) is 0 Å². The van der Waals surface area contributed by atoms with E-state index in [1.54, 1.807) is 11.9 Å². The van der Waals surface area contributed by atoms with E-state index in [-0.39, 0.29) is 5.91 Å². The summed E-state index contributed by atoms with van der Waals surface area (Å²) in [5.74, 6) is 0.00181. The van der Waals surface area contributed by atoms with Crippen LogP contribution in [0.15, 0.2) is 83.8 Å². The van der Waals surface area contributed by atoms with Gasteiger partial charge in [0.1, 0.15) is 0 Å². The van der Waals surface area contributed by atoms with Crippen LogP contribution in [-0.4, -0.2) is 37.7 Å². The molecule has 0 radical (unpaired) electrons. The number of aryl methyl sites for hydroxylation is 1. The first kappa shape index (κ1) is 26.1. The third kappa shape index (κ3) is 5.38. The molecule has 0 aliphatic heterocycles. The van der Waals surface area contributed by atoms with E-state index in [0.29, 0.717) is 6.54 Å². The second-order valence-corrected chi connectivity index (χ2v) is 10.8. The molecule has 0 aliphatic rings. The molecule has 0 spiro atoms. The van der Waals surface area contributed by atoms with Crippen LogP contribution in [0.2, 0.25) is 0 Å². The van der Waals surface area contributed by atoms with Crippen LogP contribution in [0.25, 0.3) is 32.6 Å². The highest BCUT2D eigenvalue weighted by atomic mass is 32.2. The van der Waals surface area contributed by atoms with Gasteiger partial charge in [0, 0.05) is 77.1 Å². The summed E-state index contributed by atoms with van der Waals surface area (Å²) >= 11 is 1.70. The summed E-state index contributed by atoms with van der Waals surface area (Å²) in [6, 6.07) is 27.4. The summed E-state index contributed by atoms with van der Waals surface area (Å²) in [5.41, 5.74) is 4.35. The maximum absolute atomic E-state index is 12.8. The van der Waals surface area contributed by atoms with Crippen molar-refractivity contribution in [1.29, 1.82) is 0 Å². The molecule has 1 aromatic heterocycles. The van der Waals surface area contributed by atoms with Gasteiger partial charge >= 0.3 is 0 Å². The second-order valence-electron chi connectivity index (χ2n) is 9.83. The lowest BCUT2D eigenvalue weighted by Gasteiger charge is -2.16. The van der Waals surface area contributed by atoms with Crippen LogP contribution in [0.3, 0.4) is 0 Å². The van der Waals surface area contributed by atoms with Crippen molar-refractivity contribution in [2.45, 2.75) is 37.6 Å².